The third-order valence-corrected chi connectivity index (χ3v) is 5.67. The monoisotopic (exact) mass is 476 g/mol. The largest absolute Gasteiger partial charge is 0.508 e. The molecule has 35 heavy (non-hydrogen) atoms. The Labute approximate surface area is 205 Å². The van der Waals surface area contributed by atoms with Crippen LogP contribution in [-0.4, -0.2) is 24.4 Å². The Morgan fingerprint density at radius 1 is 0.857 bits per heavy atom. The van der Waals surface area contributed by atoms with Gasteiger partial charge in [-0.25, -0.2) is 0 Å². The fourth-order valence-electron chi connectivity index (χ4n) is 3.81. The number of phenolic OH excluding ortho intramolecular Hbond substituents is 2. The van der Waals surface area contributed by atoms with Crippen LogP contribution in [0.15, 0.2) is 75.9 Å². The highest BCUT2D eigenvalue weighted by atomic mass is 16.5. The first-order valence-corrected chi connectivity index (χ1v) is 11.7. The van der Waals surface area contributed by atoms with Crippen LogP contribution in [0.5, 0.6) is 23.0 Å². The standard InChI is InChI=1S/C17H14O4.C12H18O2/c1-19-13-10-6-9-12-14(18)17(20-2)15(21-16(12)13)11-7-4-3-5-8-11;1-2-3-4-5-6-10-7-8-11(13)9-12(10)14/h3-10H,1-2H3;7-9,13-14H,2-6H2,1H3. The molecule has 1 heterocycles. The number of para-hydroxylation sites is 1. The molecule has 0 saturated heterocycles. The topological polar surface area (TPSA) is 89.1 Å². The maximum absolute atomic E-state index is 12.6. The average molecular weight is 477 g/mol. The molecule has 1 aromatic heterocycles. The van der Waals surface area contributed by atoms with Crippen LogP contribution in [0.4, 0.5) is 0 Å². The molecule has 0 atom stereocenters. The van der Waals surface area contributed by atoms with Crippen LogP contribution < -0.4 is 14.9 Å². The molecule has 0 aliphatic carbocycles. The van der Waals surface area contributed by atoms with Gasteiger partial charge < -0.3 is 24.1 Å². The summed E-state index contributed by atoms with van der Waals surface area (Å²) in [5.74, 6) is 1.45. The van der Waals surface area contributed by atoms with Gasteiger partial charge in [0.15, 0.2) is 17.1 Å². The number of fused-ring (bicyclic) bond motifs is 1. The van der Waals surface area contributed by atoms with E-state index in [0.29, 0.717) is 22.5 Å². The highest BCUT2D eigenvalue weighted by Crippen LogP contribution is 2.34. The van der Waals surface area contributed by atoms with Crippen molar-refractivity contribution in [2.45, 2.75) is 39.0 Å². The molecule has 0 unspecified atom stereocenters. The molecular weight excluding hydrogens is 444 g/mol. The maximum Gasteiger partial charge on any atom is 0.235 e. The smallest absolute Gasteiger partial charge is 0.235 e. The highest BCUT2D eigenvalue weighted by Gasteiger charge is 2.18. The summed E-state index contributed by atoms with van der Waals surface area (Å²) >= 11 is 0. The molecule has 0 saturated carbocycles. The summed E-state index contributed by atoms with van der Waals surface area (Å²) in [6.07, 6.45) is 5.68. The van der Waals surface area contributed by atoms with Gasteiger partial charge in [0.05, 0.1) is 19.6 Å². The van der Waals surface area contributed by atoms with Crippen molar-refractivity contribution in [1.82, 2.24) is 0 Å². The molecule has 6 nitrogen and oxygen atoms in total. The summed E-state index contributed by atoms with van der Waals surface area (Å²) in [4.78, 5) is 12.6. The quantitative estimate of drug-likeness (QED) is 0.275. The van der Waals surface area contributed by atoms with Gasteiger partial charge in [0.1, 0.15) is 11.5 Å². The van der Waals surface area contributed by atoms with Crippen molar-refractivity contribution < 1.29 is 24.1 Å². The summed E-state index contributed by atoms with van der Waals surface area (Å²) in [5.41, 5.74) is 1.92. The van der Waals surface area contributed by atoms with Crippen molar-refractivity contribution in [3.05, 3.63) is 82.5 Å². The van der Waals surface area contributed by atoms with E-state index in [4.69, 9.17) is 19.0 Å². The summed E-state index contributed by atoms with van der Waals surface area (Å²) in [7, 11) is 3.01. The average Bonchev–Trinajstić information content (AvgIpc) is 2.88. The van der Waals surface area contributed by atoms with Crippen LogP contribution in [0, 0.1) is 0 Å². The summed E-state index contributed by atoms with van der Waals surface area (Å²) in [6, 6.07) is 19.4. The molecule has 4 rings (SSSR count). The molecule has 0 aliphatic heterocycles. The summed E-state index contributed by atoms with van der Waals surface area (Å²) < 4.78 is 16.5. The van der Waals surface area contributed by atoms with Crippen LogP contribution in [0.25, 0.3) is 22.3 Å². The third-order valence-electron chi connectivity index (χ3n) is 5.67. The Bertz CT molecular complexity index is 1290. The van der Waals surface area contributed by atoms with Crippen molar-refractivity contribution in [3.63, 3.8) is 0 Å². The van der Waals surface area contributed by atoms with Crippen LogP contribution in [0.2, 0.25) is 0 Å². The Morgan fingerprint density at radius 3 is 2.29 bits per heavy atom. The number of methoxy groups -OCH3 is 2. The minimum atomic E-state index is -0.212. The molecular formula is C29H32O6. The zero-order valence-electron chi connectivity index (χ0n) is 20.4. The summed E-state index contributed by atoms with van der Waals surface area (Å²) in [5, 5.41) is 19.0. The van der Waals surface area contributed by atoms with Crippen molar-refractivity contribution in [2.75, 3.05) is 14.2 Å². The van der Waals surface area contributed by atoms with E-state index < -0.39 is 0 Å². The van der Waals surface area contributed by atoms with Gasteiger partial charge in [-0.05, 0) is 36.6 Å². The number of aryl methyl sites for hydroxylation is 1. The molecule has 2 N–H and O–H groups in total. The van der Waals surface area contributed by atoms with E-state index >= 15 is 0 Å². The van der Waals surface area contributed by atoms with Crippen molar-refractivity contribution in [2.24, 2.45) is 0 Å². The number of ether oxygens (including phenoxy) is 2. The number of unbranched alkanes of at least 4 members (excludes halogenated alkanes) is 3. The fourth-order valence-corrected chi connectivity index (χ4v) is 3.81. The third kappa shape index (κ3) is 6.35. The zero-order chi connectivity index (χ0) is 25.2. The molecule has 184 valence electrons. The molecule has 0 radical (unpaired) electrons. The van der Waals surface area contributed by atoms with Crippen LogP contribution in [-0.2, 0) is 6.42 Å². The van der Waals surface area contributed by atoms with Gasteiger partial charge in [-0.2, -0.15) is 0 Å². The molecule has 0 amide bonds. The lowest BCUT2D eigenvalue weighted by Gasteiger charge is -2.10. The molecule has 0 spiro atoms. The molecule has 0 fully saturated rings. The number of hydrogen-bond donors (Lipinski definition) is 2. The predicted molar refractivity (Wildman–Crippen MR) is 139 cm³/mol. The van der Waals surface area contributed by atoms with Gasteiger partial charge in [-0.1, -0.05) is 68.7 Å². The van der Waals surface area contributed by atoms with E-state index in [1.165, 1.54) is 32.4 Å². The lowest BCUT2D eigenvalue weighted by molar-refractivity contribution is 0.391. The first-order chi connectivity index (χ1) is 17.0. The number of rotatable bonds is 8. The molecule has 0 aliphatic rings. The predicted octanol–water partition coefficient (Wildman–Crippen LogP) is 6.70. The van der Waals surface area contributed by atoms with Crippen LogP contribution in [0.1, 0.15) is 38.2 Å². The van der Waals surface area contributed by atoms with Gasteiger partial charge in [0.25, 0.3) is 0 Å². The van der Waals surface area contributed by atoms with Crippen molar-refractivity contribution >= 4 is 11.0 Å². The van der Waals surface area contributed by atoms with Crippen molar-refractivity contribution in [1.29, 1.82) is 0 Å². The fraction of sp³-hybridized carbons (Fsp3) is 0.276. The number of hydrogen-bond acceptors (Lipinski definition) is 6. The minimum absolute atomic E-state index is 0.125. The Hall–Kier alpha value is -3.93. The van der Waals surface area contributed by atoms with E-state index in [1.54, 1.807) is 37.4 Å². The SMILES string of the molecule is CCCCCCc1ccc(O)cc1O.COc1c(-c2ccccc2)oc2c(OC)cccc2c1=O. The highest BCUT2D eigenvalue weighted by molar-refractivity contribution is 5.86. The molecule has 0 bridgehead atoms. The Kier molecular flexibility index (Phi) is 9.18. The van der Waals surface area contributed by atoms with E-state index in [2.05, 4.69) is 6.92 Å². The van der Waals surface area contributed by atoms with Gasteiger partial charge in [-0.15, -0.1) is 0 Å². The molecule has 6 heteroatoms. The lowest BCUT2D eigenvalue weighted by atomic mass is 10.1. The molecule has 4 aromatic rings. The lowest BCUT2D eigenvalue weighted by Crippen LogP contribution is -2.08. The van der Waals surface area contributed by atoms with Crippen LogP contribution >= 0.6 is 0 Å². The van der Waals surface area contributed by atoms with E-state index in [0.717, 1.165) is 24.0 Å². The van der Waals surface area contributed by atoms with Gasteiger partial charge >= 0.3 is 0 Å². The second kappa shape index (κ2) is 12.5. The van der Waals surface area contributed by atoms with E-state index in [-0.39, 0.29) is 22.7 Å². The second-order valence-corrected chi connectivity index (χ2v) is 8.12. The summed E-state index contributed by atoms with van der Waals surface area (Å²) in [6.45, 7) is 2.18. The van der Waals surface area contributed by atoms with E-state index in [1.807, 2.05) is 30.3 Å². The second-order valence-electron chi connectivity index (χ2n) is 8.12. The number of aromatic hydroxyl groups is 2. The maximum atomic E-state index is 12.6. The Balaban J connectivity index is 0.000000214. The van der Waals surface area contributed by atoms with Gasteiger partial charge in [0, 0.05) is 11.6 Å². The van der Waals surface area contributed by atoms with Gasteiger partial charge in [-0.3, -0.25) is 4.79 Å². The number of benzene rings is 3. The first kappa shape index (κ1) is 25.7. The van der Waals surface area contributed by atoms with Crippen LogP contribution in [0.3, 0.4) is 0 Å². The first-order valence-electron chi connectivity index (χ1n) is 11.7. The number of phenols is 2. The zero-order valence-corrected chi connectivity index (χ0v) is 20.4. The molecule has 3 aromatic carbocycles. The van der Waals surface area contributed by atoms with E-state index in [9.17, 15) is 9.90 Å². The minimum Gasteiger partial charge on any atom is -0.508 e. The Morgan fingerprint density at radius 2 is 1.63 bits per heavy atom. The normalized spacial score (nSPS) is 10.5. The van der Waals surface area contributed by atoms with Gasteiger partial charge in [0.2, 0.25) is 11.2 Å². The van der Waals surface area contributed by atoms with Crippen molar-refractivity contribution in [3.8, 4) is 34.3 Å².